The fourth-order valence-electron chi connectivity index (χ4n) is 2.13. The summed E-state index contributed by atoms with van der Waals surface area (Å²) < 4.78 is 7.45. The van der Waals surface area contributed by atoms with Crippen molar-refractivity contribution in [3.8, 4) is 0 Å². The molecule has 5 heteroatoms. The Morgan fingerprint density at radius 2 is 2.37 bits per heavy atom. The van der Waals surface area contributed by atoms with Crippen molar-refractivity contribution < 1.29 is 4.52 Å². The van der Waals surface area contributed by atoms with Gasteiger partial charge in [-0.2, -0.15) is 4.98 Å². The van der Waals surface area contributed by atoms with Crippen LogP contribution in [0.25, 0.3) is 0 Å². The van der Waals surface area contributed by atoms with E-state index < -0.39 is 0 Å². The maximum atomic E-state index is 5.28. The van der Waals surface area contributed by atoms with Crippen LogP contribution in [-0.4, -0.2) is 20.7 Å². The summed E-state index contributed by atoms with van der Waals surface area (Å²) in [5.74, 6) is 1.50. The molecule has 2 aromatic heterocycles. The highest BCUT2D eigenvalue weighted by Crippen LogP contribution is 2.19. The third-order valence-electron chi connectivity index (χ3n) is 3.36. The monoisotopic (exact) mass is 260 g/mol. The van der Waals surface area contributed by atoms with E-state index in [1.807, 2.05) is 0 Å². The molecule has 0 spiro atoms. The van der Waals surface area contributed by atoms with Crippen LogP contribution in [0.2, 0.25) is 0 Å². The first-order valence-electron chi connectivity index (χ1n) is 7.04. The van der Waals surface area contributed by atoms with Crippen LogP contribution in [0, 0.1) is 0 Å². The van der Waals surface area contributed by atoms with Crippen molar-refractivity contribution in [2.75, 3.05) is 0 Å². The molecular formula is C14H20N4O. The minimum atomic E-state index is 0.658. The lowest BCUT2D eigenvalue weighted by molar-refractivity contribution is 0.364. The largest absolute Gasteiger partial charge is 0.341 e. The molecule has 0 aliphatic heterocycles. The maximum Gasteiger partial charge on any atom is 0.246 e. The van der Waals surface area contributed by atoms with Gasteiger partial charge in [-0.3, -0.25) is 0 Å². The van der Waals surface area contributed by atoms with Crippen LogP contribution in [0.15, 0.2) is 22.9 Å². The van der Waals surface area contributed by atoms with E-state index in [9.17, 15) is 0 Å². The maximum absolute atomic E-state index is 5.28. The molecule has 0 amide bonds. The first-order chi connectivity index (χ1) is 9.35. The van der Waals surface area contributed by atoms with E-state index in [1.54, 1.807) is 0 Å². The van der Waals surface area contributed by atoms with E-state index in [1.165, 1.54) is 18.5 Å². The summed E-state index contributed by atoms with van der Waals surface area (Å²) in [6.45, 7) is 3.68. The number of hydrogen-bond acceptors (Lipinski definition) is 4. The van der Waals surface area contributed by atoms with Crippen molar-refractivity contribution >= 4 is 0 Å². The van der Waals surface area contributed by atoms with Crippen LogP contribution in [-0.2, 0) is 19.5 Å². The third-order valence-corrected chi connectivity index (χ3v) is 3.36. The SMILES string of the molecule is CCCc1noc(Cn2cccc2CNC2CC2)n1. The van der Waals surface area contributed by atoms with Gasteiger partial charge in [-0.15, -0.1) is 0 Å². The molecule has 1 aliphatic carbocycles. The zero-order valence-corrected chi connectivity index (χ0v) is 11.3. The summed E-state index contributed by atoms with van der Waals surface area (Å²) in [5, 5.41) is 7.51. The summed E-state index contributed by atoms with van der Waals surface area (Å²) in [4.78, 5) is 4.40. The second-order valence-electron chi connectivity index (χ2n) is 5.14. The summed E-state index contributed by atoms with van der Waals surface area (Å²) >= 11 is 0. The second-order valence-corrected chi connectivity index (χ2v) is 5.14. The molecule has 102 valence electrons. The number of hydrogen-bond donors (Lipinski definition) is 1. The van der Waals surface area contributed by atoms with Gasteiger partial charge in [0.05, 0.1) is 0 Å². The van der Waals surface area contributed by atoms with E-state index in [-0.39, 0.29) is 0 Å². The van der Waals surface area contributed by atoms with E-state index in [2.05, 4.69) is 45.3 Å². The fraction of sp³-hybridized carbons (Fsp3) is 0.571. The Bertz CT molecular complexity index is 527. The van der Waals surface area contributed by atoms with Crippen molar-refractivity contribution in [3.05, 3.63) is 35.7 Å². The topological polar surface area (TPSA) is 55.9 Å². The van der Waals surface area contributed by atoms with Gasteiger partial charge in [0.25, 0.3) is 0 Å². The Balaban J connectivity index is 1.62. The molecule has 5 nitrogen and oxygen atoms in total. The number of rotatable bonds is 7. The van der Waals surface area contributed by atoms with Crippen LogP contribution in [0.1, 0.15) is 43.6 Å². The van der Waals surface area contributed by atoms with Gasteiger partial charge in [-0.25, -0.2) is 0 Å². The summed E-state index contributed by atoms with van der Waals surface area (Å²) in [6.07, 6.45) is 6.60. The van der Waals surface area contributed by atoms with Gasteiger partial charge in [0.1, 0.15) is 6.54 Å². The minimum absolute atomic E-state index is 0.658. The molecule has 2 aromatic rings. The number of nitrogens with zero attached hydrogens (tertiary/aromatic N) is 3. The van der Waals surface area contributed by atoms with Gasteiger partial charge in [-0.05, 0) is 31.4 Å². The molecular weight excluding hydrogens is 240 g/mol. The summed E-state index contributed by atoms with van der Waals surface area (Å²) in [6, 6.07) is 4.93. The molecule has 2 heterocycles. The van der Waals surface area contributed by atoms with Crippen LogP contribution >= 0.6 is 0 Å². The predicted octanol–water partition coefficient (Wildman–Crippen LogP) is 2.12. The molecule has 3 rings (SSSR count). The Labute approximate surface area is 113 Å². The molecule has 1 aliphatic rings. The quantitative estimate of drug-likeness (QED) is 0.828. The van der Waals surface area contributed by atoms with Gasteiger partial charge in [0.15, 0.2) is 5.82 Å². The van der Waals surface area contributed by atoms with Gasteiger partial charge in [0.2, 0.25) is 5.89 Å². The van der Waals surface area contributed by atoms with Crippen LogP contribution in [0.4, 0.5) is 0 Å². The van der Waals surface area contributed by atoms with E-state index in [0.717, 1.165) is 31.3 Å². The Morgan fingerprint density at radius 1 is 1.47 bits per heavy atom. The predicted molar refractivity (Wildman–Crippen MR) is 71.7 cm³/mol. The standard InChI is InChI=1S/C14H20N4O/c1-2-4-13-16-14(19-17-13)10-18-8-3-5-12(18)9-15-11-6-7-11/h3,5,8,11,15H,2,4,6-7,9-10H2,1H3. The lowest BCUT2D eigenvalue weighted by Gasteiger charge is -2.07. The molecule has 0 aromatic carbocycles. The van der Waals surface area contributed by atoms with Gasteiger partial charge < -0.3 is 14.4 Å². The highest BCUT2D eigenvalue weighted by Gasteiger charge is 2.20. The molecule has 19 heavy (non-hydrogen) atoms. The van der Waals surface area contributed by atoms with Crippen LogP contribution in [0.3, 0.4) is 0 Å². The minimum Gasteiger partial charge on any atom is -0.341 e. The average Bonchev–Trinajstić information content (AvgIpc) is 2.97. The molecule has 0 saturated heterocycles. The van der Waals surface area contributed by atoms with Crippen LogP contribution in [0.5, 0.6) is 0 Å². The zero-order chi connectivity index (χ0) is 13.1. The fourth-order valence-corrected chi connectivity index (χ4v) is 2.13. The highest BCUT2D eigenvalue weighted by atomic mass is 16.5. The Kier molecular flexibility index (Phi) is 3.64. The number of aromatic nitrogens is 3. The van der Waals surface area contributed by atoms with E-state index in [0.29, 0.717) is 12.4 Å². The van der Waals surface area contributed by atoms with Gasteiger partial charge in [-0.1, -0.05) is 12.1 Å². The lowest BCUT2D eigenvalue weighted by atomic mass is 10.3. The first-order valence-corrected chi connectivity index (χ1v) is 7.04. The average molecular weight is 260 g/mol. The van der Waals surface area contributed by atoms with Crippen molar-refractivity contribution in [1.82, 2.24) is 20.0 Å². The van der Waals surface area contributed by atoms with Gasteiger partial charge in [0, 0.05) is 30.9 Å². The lowest BCUT2D eigenvalue weighted by Crippen LogP contribution is -2.18. The molecule has 0 unspecified atom stereocenters. The third kappa shape index (κ3) is 3.23. The number of nitrogens with one attached hydrogen (secondary N) is 1. The normalized spacial score (nSPS) is 15.0. The van der Waals surface area contributed by atoms with E-state index in [4.69, 9.17) is 4.52 Å². The molecule has 1 N–H and O–H groups in total. The Morgan fingerprint density at radius 3 is 3.16 bits per heavy atom. The first kappa shape index (κ1) is 12.4. The number of aryl methyl sites for hydroxylation is 1. The molecule has 0 atom stereocenters. The van der Waals surface area contributed by atoms with Crippen molar-refractivity contribution in [2.45, 2.75) is 51.7 Å². The van der Waals surface area contributed by atoms with Crippen LogP contribution < -0.4 is 5.32 Å². The second kappa shape index (κ2) is 5.57. The molecule has 0 radical (unpaired) electrons. The van der Waals surface area contributed by atoms with Crippen molar-refractivity contribution in [3.63, 3.8) is 0 Å². The smallest absolute Gasteiger partial charge is 0.246 e. The summed E-state index contributed by atoms with van der Waals surface area (Å²) in [7, 11) is 0. The Hall–Kier alpha value is -1.62. The zero-order valence-electron chi connectivity index (χ0n) is 11.3. The molecule has 1 saturated carbocycles. The highest BCUT2D eigenvalue weighted by molar-refractivity contribution is 5.09. The van der Waals surface area contributed by atoms with Gasteiger partial charge >= 0.3 is 0 Å². The van der Waals surface area contributed by atoms with Crippen molar-refractivity contribution in [2.24, 2.45) is 0 Å². The summed E-state index contributed by atoms with van der Waals surface area (Å²) in [5.41, 5.74) is 1.27. The van der Waals surface area contributed by atoms with E-state index >= 15 is 0 Å². The molecule has 1 fully saturated rings. The van der Waals surface area contributed by atoms with Crippen molar-refractivity contribution in [1.29, 1.82) is 0 Å². The molecule has 0 bridgehead atoms.